The van der Waals surface area contributed by atoms with Gasteiger partial charge < -0.3 is 20.5 Å². The second-order valence-electron chi connectivity index (χ2n) is 7.11. The Morgan fingerprint density at radius 3 is 2.61 bits per heavy atom. The molecule has 3 N–H and O–H groups in total. The molecule has 0 amide bonds. The predicted octanol–water partition coefficient (Wildman–Crippen LogP) is 3.28. The molecule has 0 atom stereocenters. The molecule has 0 fully saturated rings. The van der Waals surface area contributed by atoms with E-state index in [2.05, 4.69) is 63.9 Å². The first kappa shape index (κ1) is 19.9. The molecular weight excluding hydrogens is 353 g/mol. The average Bonchev–Trinajstić information content (AvgIpc) is 3.07. The van der Waals surface area contributed by atoms with Gasteiger partial charge in [0.25, 0.3) is 0 Å². The molecule has 1 heterocycles. The van der Waals surface area contributed by atoms with Gasteiger partial charge in [0.15, 0.2) is 5.96 Å². The highest BCUT2D eigenvalue weighted by Gasteiger charge is 2.07. The van der Waals surface area contributed by atoms with E-state index in [1.54, 1.807) is 19.2 Å². The van der Waals surface area contributed by atoms with Crippen molar-refractivity contribution in [1.82, 2.24) is 20.5 Å². The van der Waals surface area contributed by atoms with Crippen LogP contribution in [0.2, 0.25) is 0 Å². The van der Waals surface area contributed by atoms with Gasteiger partial charge in [0.05, 0.1) is 0 Å². The molecule has 0 aliphatic heterocycles. The number of rotatable bonds is 7. The number of fused-ring (bicyclic) bond motifs is 1. The van der Waals surface area contributed by atoms with Crippen LogP contribution in [0.4, 0.5) is 4.39 Å². The third-order valence-corrected chi connectivity index (χ3v) is 4.69. The first-order valence-corrected chi connectivity index (χ1v) is 9.48. The Bertz CT molecular complexity index is 945. The molecule has 2 aromatic carbocycles. The minimum absolute atomic E-state index is 0.213. The molecule has 0 saturated carbocycles. The van der Waals surface area contributed by atoms with Gasteiger partial charge >= 0.3 is 0 Å². The van der Waals surface area contributed by atoms with E-state index in [1.165, 1.54) is 17.2 Å². The Morgan fingerprint density at radius 1 is 1.07 bits per heavy atom. The van der Waals surface area contributed by atoms with Gasteiger partial charge in [0, 0.05) is 43.8 Å². The van der Waals surface area contributed by atoms with Crippen molar-refractivity contribution in [2.45, 2.75) is 19.5 Å². The van der Waals surface area contributed by atoms with Crippen LogP contribution in [0.25, 0.3) is 10.9 Å². The number of halogens is 1. The summed E-state index contributed by atoms with van der Waals surface area (Å²) in [6.45, 7) is 2.32. The number of benzene rings is 2. The zero-order valence-electron chi connectivity index (χ0n) is 16.7. The van der Waals surface area contributed by atoms with E-state index in [0.717, 1.165) is 35.4 Å². The molecule has 6 heteroatoms. The van der Waals surface area contributed by atoms with Gasteiger partial charge in [-0.25, -0.2) is 4.39 Å². The Morgan fingerprint density at radius 2 is 1.86 bits per heavy atom. The lowest BCUT2D eigenvalue weighted by molar-refractivity contribution is 0.400. The third-order valence-electron chi connectivity index (χ3n) is 4.69. The summed E-state index contributed by atoms with van der Waals surface area (Å²) in [5.74, 6) is 0.542. The molecule has 0 radical (unpaired) electrons. The summed E-state index contributed by atoms with van der Waals surface area (Å²) >= 11 is 0. The first-order chi connectivity index (χ1) is 13.6. The first-order valence-electron chi connectivity index (χ1n) is 9.48. The predicted molar refractivity (Wildman–Crippen MR) is 114 cm³/mol. The maximum Gasteiger partial charge on any atom is 0.191 e. The van der Waals surface area contributed by atoms with Crippen molar-refractivity contribution in [2.75, 3.05) is 27.7 Å². The summed E-state index contributed by atoms with van der Waals surface area (Å²) in [6.07, 6.45) is 2.72. The van der Waals surface area contributed by atoms with E-state index in [0.29, 0.717) is 13.1 Å². The largest absolute Gasteiger partial charge is 0.361 e. The molecular formula is C22H28FN5. The van der Waals surface area contributed by atoms with Crippen LogP contribution in [-0.4, -0.2) is 43.5 Å². The molecule has 28 heavy (non-hydrogen) atoms. The summed E-state index contributed by atoms with van der Waals surface area (Å²) in [4.78, 5) is 9.66. The fourth-order valence-corrected chi connectivity index (χ4v) is 3.30. The lowest BCUT2D eigenvalue weighted by Crippen LogP contribution is -2.38. The minimum atomic E-state index is -0.213. The molecule has 0 spiro atoms. The van der Waals surface area contributed by atoms with E-state index < -0.39 is 0 Å². The van der Waals surface area contributed by atoms with Crippen molar-refractivity contribution in [2.24, 2.45) is 4.99 Å². The van der Waals surface area contributed by atoms with Gasteiger partial charge in [0.2, 0.25) is 0 Å². The zero-order valence-corrected chi connectivity index (χ0v) is 16.7. The number of aliphatic imine (C=N–C) groups is 1. The summed E-state index contributed by atoms with van der Waals surface area (Å²) in [7, 11) is 5.91. The van der Waals surface area contributed by atoms with E-state index >= 15 is 0 Å². The standard InChI is InChI=1S/C22H28FN5/c1-24-22(27-13-16-6-4-5-7-18(16)15-28(2)3)25-11-10-17-14-26-21-9-8-19(23)12-20(17)21/h4-9,12,14,26H,10-11,13,15H2,1-3H3,(H2,24,25,27). The van der Waals surface area contributed by atoms with Crippen molar-refractivity contribution in [1.29, 1.82) is 0 Å². The van der Waals surface area contributed by atoms with E-state index in [4.69, 9.17) is 0 Å². The summed E-state index contributed by atoms with van der Waals surface area (Å²) in [5, 5.41) is 7.65. The Hall–Kier alpha value is -2.86. The smallest absolute Gasteiger partial charge is 0.191 e. The molecule has 3 rings (SSSR count). The van der Waals surface area contributed by atoms with Crippen LogP contribution in [0.1, 0.15) is 16.7 Å². The highest BCUT2D eigenvalue weighted by atomic mass is 19.1. The normalized spacial score (nSPS) is 12.0. The van der Waals surface area contributed by atoms with Gasteiger partial charge in [-0.15, -0.1) is 0 Å². The number of guanidine groups is 1. The third kappa shape index (κ3) is 5.10. The molecule has 0 unspecified atom stereocenters. The Labute approximate surface area is 165 Å². The summed E-state index contributed by atoms with van der Waals surface area (Å²) in [6, 6.07) is 13.2. The van der Waals surface area contributed by atoms with Gasteiger partial charge in [-0.05, 0) is 55.4 Å². The van der Waals surface area contributed by atoms with Crippen LogP contribution in [0.3, 0.4) is 0 Å². The summed E-state index contributed by atoms with van der Waals surface area (Å²) in [5.41, 5.74) is 4.60. The van der Waals surface area contributed by atoms with Crippen molar-refractivity contribution in [3.05, 3.63) is 71.2 Å². The van der Waals surface area contributed by atoms with Crippen LogP contribution in [0, 0.1) is 5.82 Å². The SMILES string of the molecule is CN=C(NCCc1c[nH]c2ccc(F)cc12)NCc1ccccc1CN(C)C. The highest BCUT2D eigenvalue weighted by molar-refractivity contribution is 5.83. The van der Waals surface area contributed by atoms with Gasteiger partial charge in [0.1, 0.15) is 5.82 Å². The lowest BCUT2D eigenvalue weighted by atomic mass is 10.1. The second kappa shape index (κ2) is 9.37. The van der Waals surface area contributed by atoms with Crippen molar-refractivity contribution in [3.8, 4) is 0 Å². The number of hydrogen-bond acceptors (Lipinski definition) is 2. The number of nitrogens with one attached hydrogen (secondary N) is 3. The molecule has 0 aliphatic carbocycles. The van der Waals surface area contributed by atoms with E-state index in [-0.39, 0.29) is 5.82 Å². The van der Waals surface area contributed by atoms with E-state index in [1.807, 2.05) is 6.20 Å². The zero-order chi connectivity index (χ0) is 19.9. The second-order valence-corrected chi connectivity index (χ2v) is 7.11. The number of H-pyrrole nitrogens is 1. The lowest BCUT2D eigenvalue weighted by Gasteiger charge is -2.16. The fraction of sp³-hybridized carbons (Fsp3) is 0.318. The molecule has 148 valence electrons. The van der Waals surface area contributed by atoms with Crippen LogP contribution in [0.15, 0.2) is 53.7 Å². The van der Waals surface area contributed by atoms with Gasteiger partial charge in [-0.3, -0.25) is 4.99 Å². The van der Waals surface area contributed by atoms with Crippen LogP contribution < -0.4 is 10.6 Å². The molecule has 0 bridgehead atoms. The molecule has 5 nitrogen and oxygen atoms in total. The monoisotopic (exact) mass is 381 g/mol. The maximum absolute atomic E-state index is 13.5. The topological polar surface area (TPSA) is 55.5 Å². The number of hydrogen-bond donors (Lipinski definition) is 3. The summed E-state index contributed by atoms with van der Waals surface area (Å²) < 4.78 is 13.5. The van der Waals surface area contributed by atoms with Crippen LogP contribution in [-0.2, 0) is 19.5 Å². The number of aromatic nitrogens is 1. The van der Waals surface area contributed by atoms with Crippen LogP contribution in [0.5, 0.6) is 0 Å². The number of aromatic amines is 1. The highest BCUT2D eigenvalue weighted by Crippen LogP contribution is 2.19. The maximum atomic E-state index is 13.5. The quantitative estimate of drug-likeness (QED) is 0.435. The van der Waals surface area contributed by atoms with Crippen LogP contribution >= 0.6 is 0 Å². The van der Waals surface area contributed by atoms with Gasteiger partial charge in [-0.2, -0.15) is 0 Å². The molecule has 0 saturated heterocycles. The Kier molecular flexibility index (Phi) is 6.66. The van der Waals surface area contributed by atoms with Crippen molar-refractivity contribution >= 4 is 16.9 Å². The van der Waals surface area contributed by atoms with Crippen molar-refractivity contribution < 1.29 is 4.39 Å². The number of nitrogens with zero attached hydrogens (tertiary/aromatic N) is 2. The minimum Gasteiger partial charge on any atom is -0.361 e. The average molecular weight is 381 g/mol. The Balaban J connectivity index is 1.55. The van der Waals surface area contributed by atoms with E-state index in [9.17, 15) is 4.39 Å². The molecule has 3 aromatic rings. The fourth-order valence-electron chi connectivity index (χ4n) is 3.30. The van der Waals surface area contributed by atoms with Gasteiger partial charge in [-0.1, -0.05) is 24.3 Å². The molecule has 1 aromatic heterocycles. The van der Waals surface area contributed by atoms with Crippen molar-refractivity contribution in [3.63, 3.8) is 0 Å². The molecule has 0 aliphatic rings.